The van der Waals surface area contributed by atoms with E-state index < -0.39 is 0 Å². The molecule has 0 aromatic heterocycles. The van der Waals surface area contributed by atoms with Crippen molar-refractivity contribution in [2.45, 2.75) is 38.5 Å². The number of nitrogens with one attached hydrogen (secondary N) is 1. The van der Waals surface area contributed by atoms with Gasteiger partial charge in [0.2, 0.25) is 5.91 Å². The number of thiocarbonyl (C=S) groups is 1. The van der Waals surface area contributed by atoms with Gasteiger partial charge in [0, 0.05) is 12.0 Å². The summed E-state index contributed by atoms with van der Waals surface area (Å²) in [6.07, 6.45) is 6.57. The van der Waals surface area contributed by atoms with Crippen molar-refractivity contribution in [1.29, 1.82) is 0 Å². The Labute approximate surface area is 131 Å². The zero-order valence-electron chi connectivity index (χ0n) is 12.4. The molecule has 114 valence electrons. The first kappa shape index (κ1) is 15.8. The zero-order valence-corrected chi connectivity index (χ0v) is 13.2. The molecule has 0 aliphatic heterocycles. The van der Waals surface area contributed by atoms with Gasteiger partial charge in [-0.1, -0.05) is 37.5 Å². The highest BCUT2D eigenvalue weighted by Gasteiger charge is 2.19. The van der Waals surface area contributed by atoms with Gasteiger partial charge in [-0.2, -0.15) is 0 Å². The Kier molecular flexibility index (Phi) is 5.56. The zero-order chi connectivity index (χ0) is 15.2. The summed E-state index contributed by atoms with van der Waals surface area (Å²) in [5, 5.41) is 2.93. The molecule has 0 bridgehead atoms. The Balaban J connectivity index is 2.10. The largest absolute Gasteiger partial charge is 0.495 e. The van der Waals surface area contributed by atoms with Crippen molar-refractivity contribution in [3.63, 3.8) is 0 Å². The van der Waals surface area contributed by atoms with Crippen molar-refractivity contribution in [1.82, 2.24) is 0 Å². The minimum Gasteiger partial charge on any atom is -0.495 e. The first-order valence-corrected chi connectivity index (χ1v) is 7.79. The van der Waals surface area contributed by atoms with Gasteiger partial charge < -0.3 is 15.8 Å². The van der Waals surface area contributed by atoms with E-state index in [-0.39, 0.29) is 10.9 Å². The molecule has 5 heteroatoms. The van der Waals surface area contributed by atoms with Crippen molar-refractivity contribution in [3.8, 4) is 5.75 Å². The van der Waals surface area contributed by atoms with Gasteiger partial charge in [0.25, 0.3) is 0 Å². The van der Waals surface area contributed by atoms with Crippen LogP contribution in [0.15, 0.2) is 18.2 Å². The molecule has 0 saturated heterocycles. The van der Waals surface area contributed by atoms with Crippen LogP contribution in [-0.4, -0.2) is 18.0 Å². The Morgan fingerprint density at radius 2 is 2.10 bits per heavy atom. The number of nitrogens with two attached hydrogens (primary N) is 1. The molecule has 0 heterocycles. The average Bonchev–Trinajstić information content (AvgIpc) is 2.48. The summed E-state index contributed by atoms with van der Waals surface area (Å²) < 4.78 is 5.30. The van der Waals surface area contributed by atoms with Crippen molar-refractivity contribution in [2.75, 3.05) is 12.4 Å². The summed E-state index contributed by atoms with van der Waals surface area (Å²) in [7, 11) is 1.56. The lowest BCUT2D eigenvalue weighted by atomic mass is 9.87. The number of para-hydroxylation sites is 1. The van der Waals surface area contributed by atoms with Gasteiger partial charge in [0.1, 0.15) is 10.7 Å². The Morgan fingerprint density at radius 1 is 1.38 bits per heavy atom. The number of methoxy groups -OCH3 is 1. The molecule has 0 radical (unpaired) electrons. The summed E-state index contributed by atoms with van der Waals surface area (Å²) in [5.41, 5.74) is 6.94. The topological polar surface area (TPSA) is 64.3 Å². The van der Waals surface area contributed by atoms with E-state index >= 15 is 0 Å². The third kappa shape index (κ3) is 4.17. The monoisotopic (exact) mass is 306 g/mol. The summed E-state index contributed by atoms with van der Waals surface area (Å²) in [6, 6.07) is 5.39. The van der Waals surface area contributed by atoms with Crippen LogP contribution in [0.4, 0.5) is 5.69 Å². The number of hydrogen-bond donors (Lipinski definition) is 2. The van der Waals surface area contributed by atoms with Crippen molar-refractivity contribution in [3.05, 3.63) is 23.8 Å². The van der Waals surface area contributed by atoms with Crippen LogP contribution in [0.5, 0.6) is 5.75 Å². The second-order valence-electron chi connectivity index (χ2n) is 5.50. The summed E-state index contributed by atoms with van der Waals surface area (Å²) >= 11 is 5.04. The third-order valence-corrected chi connectivity index (χ3v) is 4.19. The highest BCUT2D eigenvalue weighted by Crippen LogP contribution is 2.30. The Morgan fingerprint density at radius 3 is 2.71 bits per heavy atom. The van der Waals surface area contributed by atoms with Gasteiger partial charge in [0.05, 0.1) is 12.8 Å². The quantitative estimate of drug-likeness (QED) is 0.820. The molecule has 0 unspecified atom stereocenters. The van der Waals surface area contributed by atoms with E-state index in [4.69, 9.17) is 22.7 Å². The lowest BCUT2D eigenvalue weighted by molar-refractivity contribution is -0.117. The number of ether oxygens (including phenoxy) is 1. The predicted molar refractivity (Wildman–Crippen MR) is 88.7 cm³/mol. The standard InChI is InChI=1S/C16H22N2O2S/c1-20-13-9-5-8-12(16(17)21)15(13)18-14(19)10-11-6-3-2-4-7-11/h5,8-9,11H,2-4,6-7,10H2,1H3,(H2,17,21)(H,18,19). The first-order chi connectivity index (χ1) is 10.1. The van der Waals surface area contributed by atoms with Crippen LogP contribution >= 0.6 is 12.2 Å². The van der Waals surface area contributed by atoms with Crippen LogP contribution in [0.1, 0.15) is 44.1 Å². The first-order valence-electron chi connectivity index (χ1n) is 7.38. The lowest BCUT2D eigenvalue weighted by Crippen LogP contribution is -2.21. The fourth-order valence-electron chi connectivity index (χ4n) is 2.88. The highest BCUT2D eigenvalue weighted by atomic mass is 32.1. The van der Waals surface area contributed by atoms with E-state index in [1.54, 1.807) is 19.2 Å². The van der Waals surface area contributed by atoms with E-state index in [0.717, 1.165) is 12.8 Å². The van der Waals surface area contributed by atoms with Crippen molar-refractivity contribution >= 4 is 28.8 Å². The molecule has 1 aliphatic carbocycles. The summed E-state index contributed by atoms with van der Waals surface area (Å²) in [4.78, 5) is 12.5. The van der Waals surface area contributed by atoms with E-state index in [1.807, 2.05) is 6.07 Å². The molecule has 1 aliphatic rings. The van der Waals surface area contributed by atoms with Crippen molar-refractivity contribution < 1.29 is 9.53 Å². The highest BCUT2D eigenvalue weighted by molar-refractivity contribution is 7.80. The maximum absolute atomic E-state index is 12.3. The molecule has 2 rings (SSSR count). The van der Waals surface area contributed by atoms with E-state index in [0.29, 0.717) is 29.3 Å². The number of anilines is 1. The minimum atomic E-state index is 0.00361. The predicted octanol–water partition coefficient (Wildman–Crippen LogP) is 3.24. The third-order valence-electron chi connectivity index (χ3n) is 3.97. The lowest BCUT2D eigenvalue weighted by Gasteiger charge is -2.21. The molecular weight excluding hydrogens is 284 g/mol. The van der Waals surface area contributed by atoms with Gasteiger partial charge in [-0.25, -0.2) is 0 Å². The van der Waals surface area contributed by atoms with Crippen LogP contribution in [0.25, 0.3) is 0 Å². The number of amides is 1. The molecule has 1 saturated carbocycles. The molecule has 0 atom stereocenters. The van der Waals surface area contributed by atoms with Gasteiger partial charge in [-0.15, -0.1) is 0 Å². The average molecular weight is 306 g/mol. The van der Waals surface area contributed by atoms with Crippen LogP contribution in [0, 0.1) is 5.92 Å². The van der Waals surface area contributed by atoms with Crippen LogP contribution in [-0.2, 0) is 4.79 Å². The Hall–Kier alpha value is -1.62. The molecule has 21 heavy (non-hydrogen) atoms. The maximum atomic E-state index is 12.3. The van der Waals surface area contributed by atoms with Gasteiger partial charge >= 0.3 is 0 Å². The number of benzene rings is 1. The fourth-order valence-corrected chi connectivity index (χ4v) is 3.05. The second kappa shape index (κ2) is 7.41. The summed E-state index contributed by atoms with van der Waals surface area (Å²) in [5.74, 6) is 1.07. The van der Waals surface area contributed by atoms with Crippen LogP contribution in [0.2, 0.25) is 0 Å². The smallest absolute Gasteiger partial charge is 0.224 e. The minimum absolute atomic E-state index is 0.00361. The maximum Gasteiger partial charge on any atom is 0.224 e. The molecular formula is C16H22N2O2S. The van der Waals surface area contributed by atoms with E-state index in [9.17, 15) is 4.79 Å². The van der Waals surface area contributed by atoms with Crippen LogP contribution in [0.3, 0.4) is 0 Å². The van der Waals surface area contributed by atoms with Gasteiger partial charge in [-0.05, 0) is 30.9 Å². The van der Waals surface area contributed by atoms with Gasteiger partial charge in [0.15, 0.2) is 0 Å². The molecule has 1 fully saturated rings. The number of carbonyl (C=O) groups is 1. The van der Waals surface area contributed by atoms with Crippen molar-refractivity contribution in [2.24, 2.45) is 11.7 Å². The molecule has 0 spiro atoms. The molecule has 1 amide bonds. The molecule has 3 N–H and O–H groups in total. The van der Waals surface area contributed by atoms with Gasteiger partial charge in [-0.3, -0.25) is 4.79 Å². The van der Waals surface area contributed by atoms with E-state index in [2.05, 4.69) is 5.32 Å². The number of carbonyl (C=O) groups excluding carboxylic acids is 1. The van der Waals surface area contributed by atoms with E-state index in [1.165, 1.54) is 19.3 Å². The SMILES string of the molecule is COc1cccc(C(N)=S)c1NC(=O)CC1CCCCC1. The second-order valence-corrected chi connectivity index (χ2v) is 5.94. The molecule has 1 aromatic rings. The fraction of sp³-hybridized carbons (Fsp3) is 0.500. The number of rotatable bonds is 5. The molecule has 1 aromatic carbocycles. The normalized spacial score (nSPS) is 15.5. The number of hydrogen-bond acceptors (Lipinski definition) is 3. The molecule has 4 nitrogen and oxygen atoms in total. The summed E-state index contributed by atoms with van der Waals surface area (Å²) in [6.45, 7) is 0. The van der Waals surface area contributed by atoms with Crippen LogP contribution < -0.4 is 15.8 Å². The Bertz CT molecular complexity index is 525.